The van der Waals surface area contributed by atoms with Crippen LogP contribution in [0.4, 0.5) is 0 Å². The van der Waals surface area contributed by atoms with Crippen LogP contribution in [0, 0.1) is 0 Å². The van der Waals surface area contributed by atoms with Crippen LogP contribution in [-0.2, 0) is 16.4 Å². The number of amides is 1. The standard InChI is InChI=1S/C20H25N3O3S/c24-20(22-18-10-6-8-15-7-2-3-9-17(15)18)19-13-16(14-21-19)27(25,26)23-11-4-1-5-12-23/h2-3,7,9,13-14,18,21H,1,4-6,8,10-12H2,(H,22,24)/t18-/m0/s1. The highest BCUT2D eigenvalue weighted by Gasteiger charge is 2.28. The van der Waals surface area contributed by atoms with Gasteiger partial charge in [0.15, 0.2) is 0 Å². The Morgan fingerprint density at radius 1 is 1.11 bits per heavy atom. The maximum atomic E-state index is 12.8. The van der Waals surface area contributed by atoms with E-state index in [2.05, 4.69) is 22.4 Å². The van der Waals surface area contributed by atoms with Crippen LogP contribution in [0.3, 0.4) is 0 Å². The second-order valence-corrected chi connectivity index (χ2v) is 9.27. The summed E-state index contributed by atoms with van der Waals surface area (Å²) in [6, 6.07) is 9.58. The molecule has 1 aromatic heterocycles. The Morgan fingerprint density at radius 3 is 2.70 bits per heavy atom. The first-order chi connectivity index (χ1) is 13.1. The first-order valence-corrected chi connectivity index (χ1v) is 11.1. The third-order valence-electron chi connectivity index (χ3n) is 5.53. The highest BCUT2D eigenvalue weighted by molar-refractivity contribution is 7.89. The van der Waals surface area contributed by atoms with Gasteiger partial charge in [-0.1, -0.05) is 30.7 Å². The minimum absolute atomic E-state index is 0.0344. The maximum Gasteiger partial charge on any atom is 0.268 e. The van der Waals surface area contributed by atoms with Crippen LogP contribution >= 0.6 is 0 Å². The topological polar surface area (TPSA) is 82.3 Å². The maximum absolute atomic E-state index is 12.8. The Morgan fingerprint density at radius 2 is 1.89 bits per heavy atom. The third-order valence-corrected chi connectivity index (χ3v) is 7.41. The number of benzene rings is 1. The molecule has 2 N–H and O–H groups in total. The zero-order valence-corrected chi connectivity index (χ0v) is 16.1. The van der Waals surface area contributed by atoms with Crippen molar-refractivity contribution in [3.8, 4) is 0 Å². The number of hydrogen-bond donors (Lipinski definition) is 2. The molecular weight excluding hydrogens is 362 g/mol. The molecule has 1 amide bonds. The number of H-pyrrole nitrogens is 1. The molecule has 1 saturated heterocycles. The van der Waals surface area contributed by atoms with Crippen LogP contribution in [0.25, 0.3) is 0 Å². The van der Waals surface area contributed by atoms with Gasteiger partial charge < -0.3 is 10.3 Å². The Hall–Kier alpha value is -2.12. The van der Waals surface area contributed by atoms with Gasteiger partial charge in [-0.2, -0.15) is 4.31 Å². The first kappa shape index (κ1) is 18.3. The van der Waals surface area contributed by atoms with Gasteiger partial charge in [0.25, 0.3) is 5.91 Å². The number of carbonyl (C=O) groups excluding carboxylic acids is 1. The van der Waals surface area contributed by atoms with Crippen LogP contribution in [0.5, 0.6) is 0 Å². The molecule has 2 heterocycles. The molecule has 1 aliphatic carbocycles. The molecule has 1 fully saturated rings. The molecule has 1 atom stereocenters. The summed E-state index contributed by atoms with van der Waals surface area (Å²) in [5, 5.41) is 3.06. The van der Waals surface area contributed by atoms with E-state index in [0.29, 0.717) is 13.1 Å². The van der Waals surface area contributed by atoms with Gasteiger partial charge in [-0.3, -0.25) is 4.79 Å². The molecule has 1 aliphatic heterocycles. The second-order valence-electron chi connectivity index (χ2n) is 7.33. The monoisotopic (exact) mass is 387 g/mol. The SMILES string of the molecule is O=C(N[C@H]1CCCc2ccccc21)c1cc(S(=O)(=O)N2CCCCC2)c[nH]1. The van der Waals surface area contributed by atoms with Crippen molar-refractivity contribution in [1.82, 2.24) is 14.6 Å². The minimum Gasteiger partial charge on any atom is -0.356 e. The van der Waals surface area contributed by atoms with E-state index in [-0.39, 0.29) is 22.5 Å². The normalized spacial score (nSPS) is 20.8. The molecule has 0 spiro atoms. The summed E-state index contributed by atoms with van der Waals surface area (Å²) >= 11 is 0. The van der Waals surface area contributed by atoms with Crippen molar-refractivity contribution in [2.45, 2.75) is 49.5 Å². The lowest BCUT2D eigenvalue weighted by atomic mass is 9.88. The zero-order valence-electron chi connectivity index (χ0n) is 15.3. The van der Waals surface area contributed by atoms with Crippen molar-refractivity contribution in [2.24, 2.45) is 0 Å². The summed E-state index contributed by atoms with van der Waals surface area (Å²) in [7, 11) is -3.53. The van der Waals surface area contributed by atoms with E-state index < -0.39 is 10.0 Å². The number of aryl methyl sites for hydroxylation is 1. The molecule has 0 saturated carbocycles. The number of fused-ring (bicyclic) bond motifs is 1. The molecule has 144 valence electrons. The summed E-state index contributed by atoms with van der Waals surface area (Å²) in [6.45, 7) is 1.10. The average molecular weight is 388 g/mol. The molecule has 0 bridgehead atoms. The number of nitrogens with zero attached hydrogens (tertiary/aromatic N) is 1. The summed E-state index contributed by atoms with van der Waals surface area (Å²) in [4.78, 5) is 15.7. The van der Waals surface area contributed by atoms with Crippen molar-refractivity contribution in [1.29, 1.82) is 0 Å². The second kappa shape index (κ2) is 7.48. The van der Waals surface area contributed by atoms with Crippen molar-refractivity contribution in [2.75, 3.05) is 13.1 Å². The quantitative estimate of drug-likeness (QED) is 0.846. The van der Waals surface area contributed by atoms with E-state index in [1.165, 1.54) is 22.1 Å². The van der Waals surface area contributed by atoms with Crippen LogP contribution < -0.4 is 5.32 Å². The van der Waals surface area contributed by atoms with E-state index in [1.54, 1.807) is 0 Å². The fourth-order valence-corrected chi connectivity index (χ4v) is 5.56. The first-order valence-electron chi connectivity index (χ1n) is 9.63. The summed E-state index contributed by atoms with van der Waals surface area (Å²) < 4.78 is 27.0. The van der Waals surface area contributed by atoms with Crippen molar-refractivity contribution < 1.29 is 13.2 Å². The molecule has 27 heavy (non-hydrogen) atoms. The number of rotatable bonds is 4. The van der Waals surface area contributed by atoms with Crippen molar-refractivity contribution in [3.05, 3.63) is 53.3 Å². The molecule has 7 heteroatoms. The molecule has 2 aromatic rings. The molecule has 2 aliphatic rings. The third kappa shape index (κ3) is 3.66. The predicted molar refractivity (Wildman–Crippen MR) is 103 cm³/mol. The summed E-state index contributed by atoms with van der Waals surface area (Å²) in [6.07, 6.45) is 7.21. The van der Waals surface area contributed by atoms with E-state index in [4.69, 9.17) is 0 Å². The van der Waals surface area contributed by atoms with Gasteiger partial charge >= 0.3 is 0 Å². The highest BCUT2D eigenvalue weighted by atomic mass is 32.2. The number of hydrogen-bond acceptors (Lipinski definition) is 3. The molecule has 4 rings (SSSR count). The van der Waals surface area contributed by atoms with Crippen LogP contribution in [-0.4, -0.2) is 36.7 Å². The van der Waals surface area contributed by atoms with Crippen LogP contribution in [0.1, 0.15) is 59.8 Å². The minimum atomic E-state index is -3.53. The molecule has 0 unspecified atom stereocenters. The average Bonchev–Trinajstić information content (AvgIpc) is 3.20. The Bertz CT molecular complexity index is 929. The van der Waals surface area contributed by atoms with Crippen molar-refractivity contribution >= 4 is 15.9 Å². The lowest BCUT2D eigenvalue weighted by Crippen LogP contribution is -2.35. The highest BCUT2D eigenvalue weighted by Crippen LogP contribution is 2.30. The smallest absolute Gasteiger partial charge is 0.268 e. The van der Waals surface area contributed by atoms with Gasteiger partial charge in [0.1, 0.15) is 10.6 Å². The molecule has 0 radical (unpaired) electrons. The van der Waals surface area contributed by atoms with Crippen molar-refractivity contribution in [3.63, 3.8) is 0 Å². The number of aromatic nitrogens is 1. The predicted octanol–water partition coefficient (Wildman–Crippen LogP) is 3.00. The fraction of sp³-hybridized carbons (Fsp3) is 0.450. The summed E-state index contributed by atoms with van der Waals surface area (Å²) in [5.74, 6) is -0.267. The van der Waals surface area contributed by atoms with Gasteiger partial charge in [-0.05, 0) is 49.3 Å². The number of nitrogens with one attached hydrogen (secondary N) is 2. The lowest BCUT2D eigenvalue weighted by molar-refractivity contribution is 0.0928. The van der Waals surface area contributed by atoms with Gasteiger partial charge in [-0.15, -0.1) is 0 Å². The van der Waals surface area contributed by atoms with Gasteiger partial charge in [0.2, 0.25) is 10.0 Å². The van der Waals surface area contributed by atoms with E-state index in [0.717, 1.165) is 44.1 Å². The van der Waals surface area contributed by atoms with Gasteiger partial charge in [0, 0.05) is 19.3 Å². The van der Waals surface area contributed by atoms with Gasteiger partial charge in [0.05, 0.1) is 6.04 Å². The number of sulfonamides is 1. The van der Waals surface area contributed by atoms with E-state index in [9.17, 15) is 13.2 Å². The van der Waals surface area contributed by atoms with Crippen LogP contribution in [0.15, 0.2) is 41.4 Å². The number of carbonyl (C=O) groups is 1. The largest absolute Gasteiger partial charge is 0.356 e. The van der Waals surface area contributed by atoms with E-state index >= 15 is 0 Å². The Kier molecular flexibility index (Phi) is 5.06. The Balaban J connectivity index is 1.50. The number of piperidine rings is 1. The zero-order chi connectivity index (χ0) is 18.9. The number of aromatic amines is 1. The fourth-order valence-electron chi connectivity index (χ4n) is 4.05. The molecular formula is C20H25N3O3S. The van der Waals surface area contributed by atoms with Crippen LogP contribution in [0.2, 0.25) is 0 Å². The molecule has 1 aromatic carbocycles. The lowest BCUT2D eigenvalue weighted by Gasteiger charge is -2.26. The molecule has 6 nitrogen and oxygen atoms in total. The van der Waals surface area contributed by atoms with E-state index in [1.807, 2.05) is 12.1 Å². The summed E-state index contributed by atoms with van der Waals surface area (Å²) in [5.41, 5.74) is 2.72. The Labute approximate surface area is 160 Å². The van der Waals surface area contributed by atoms with Gasteiger partial charge in [-0.25, -0.2) is 8.42 Å².